The van der Waals surface area contributed by atoms with Crippen LogP contribution in [0.1, 0.15) is 18.5 Å². The molecule has 1 saturated carbocycles. The van der Waals surface area contributed by atoms with Crippen molar-refractivity contribution in [3.05, 3.63) is 60.2 Å². The van der Waals surface area contributed by atoms with Crippen LogP contribution in [-0.2, 0) is 16.1 Å². The molecule has 4 rings (SSSR count). The molecule has 2 atom stereocenters. The molecule has 2 fully saturated rings. The number of amides is 3. The van der Waals surface area contributed by atoms with Gasteiger partial charge < -0.3 is 20.2 Å². The molecule has 1 aromatic carbocycles. The number of carboxylic acids is 1. The Labute approximate surface area is 198 Å². The second kappa shape index (κ2) is 10.3. The van der Waals surface area contributed by atoms with Crippen molar-refractivity contribution < 1.29 is 37.1 Å². The average molecular weight is 496 g/mol. The van der Waals surface area contributed by atoms with Crippen LogP contribution in [0.5, 0.6) is 0 Å². The Morgan fingerprint density at radius 2 is 1.94 bits per heavy atom. The third-order valence-electron chi connectivity index (χ3n) is 5.98. The van der Waals surface area contributed by atoms with Crippen LogP contribution in [0.2, 0.25) is 0 Å². The minimum atomic E-state index is -5.08. The lowest BCUT2D eigenvalue weighted by Gasteiger charge is -2.20. The molecule has 1 saturated heterocycles. The predicted molar refractivity (Wildman–Crippen MR) is 117 cm³/mol. The van der Waals surface area contributed by atoms with Gasteiger partial charge >= 0.3 is 18.2 Å². The third kappa shape index (κ3) is 6.67. The first kappa shape index (κ1) is 25.9. The number of likely N-dealkylation sites (tertiary alicyclic amines) is 1. The number of aromatic nitrogens is 1. The van der Waals surface area contributed by atoms with Crippen molar-refractivity contribution in [2.24, 2.45) is 11.3 Å². The molecule has 2 aliphatic rings. The number of halogens is 4. The van der Waals surface area contributed by atoms with E-state index in [9.17, 15) is 27.2 Å². The number of rotatable bonds is 4. The van der Waals surface area contributed by atoms with Crippen LogP contribution < -0.4 is 5.32 Å². The molecule has 2 heterocycles. The summed E-state index contributed by atoms with van der Waals surface area (Å²) in [5.74, 6) is -3.08. The molecule has 2 N–H and O–H groups in total. The number of carbonyl (C=O) groups is 3. The van der Waals surface area contributed by atoms with Gasteiger partial charge in [0, 0.05) is 43.4 Å². The molecule has 35 heavy (non-hydrogen) atoms. The lowest BCUT2D eigenvalue weighted by Crippen LogP contribution is -2.34. The largest absolute Gasteiger partial charge is 0.490 e. The first-order valence-electron chi connectivity index (χ1n) is 10.7. The van der Waals surface area contributed by atoms with Gasteiger partial charge in [-0.1, -0.05) is 12.1 Å². The number of hydrogen-bond donors (Lipinski definition) is 2. The zero-order valence-electron chi connectivity index (χ0n) is 18.8. The summed E-state index contributed by atoms with van der Waals surface area (Å²) in [5.41, 5.74) is 1.18. The van der Waals surface area contributed by atoms with Crippen LogP contribution in [0.4, 0.5) is 28.0 Å². The Balaban J connectivity index is 0.000000429. The summed E-state index contributed by atoms with van der Waals surface area (Å²) in [5, 5.41) is 9.86. The Morgan fingerprint density at radius 1 is 1.23 bits per heavy atom. The van der Waals surface area contributed by atoms with E-state index in [1.807, 2.05) is 18.2 Å². The molecule has 0 bridgehead atoms. The standard InChI is InChI=1S/C21H23FN4O2.C2HF3O2/c1-25(13-17-6-2-3-9-23-17)19(27)18-12-21(18)8-10-26(14-21)20(28)24-16-7-4-5-15(22)11-16;3-2(4,5)1(6)7/h2-7,9,11,18H,8,10,12-14H2,1H3,(H,24,28);(H,6,7). The minimum absolute atomic E-state index is 0.0480. The summed E-state index contributed by atoms with van der Waals surface area (Å²) in [4.78, 5) is 41.9. The Kier molecular flexibility index (Phi) is 7.61. The lowest BCUT2D eigenvalue weighted by molar-refractivity contribution is -0.192. The molecule has 8 nitrogen and oxygen atoms in total. The number of hydrogen-bond acceptors (Lipinski definition) is 4. The zero-order chi connectivity index (χ0) is 25.8. The first-order chi connectivity index (χ1) is 16.4. The molecule has 1 aliphatic carbocycles. The summed E-state index contributed by atoms with van der Waals surface area (Å²) >= 11 is 0. The van der Waals surface area contributed by atoms with Gasteiger partial charge in [-0.2, -0.15) is 13.2 Å². The molecule has 2 unspecified atom stereocenters. The highest BCUT2D eigenvalue weighted by Crippen LogP contribution is 2.59. The summed E-state index contributed by atoms with van der Waals surface area (Å²) in [6, 6.07) is 11.3. The summed E-state index contributed by atoms with van der Waals surface area (Å²) in [6.45, 7) is 1.65. The molecular weight excluding hydrogens is 472 g/mol. The van der Waals surface area contributed by atoms with Crippen molar-refractivity contribution in [1.82, 2.24) is 14.8 Å². The smallest absolute Gasteiger partial charge is 0.475 e. The second-order valence-electron chi connectivity index (χ2n) is 8.55. The number of benzene rings is 1. The monoisotopic (exact) mass is 496 g/mol. The fraction of sp³-hybridized carbons (Fsp3) is 0.391. The van der Waals surface area contributed by atoms with Crippen molar-refractivity contribution in [3.8, 4) is 0 Å². The van der Waals surface area contributed by atoms with E-state index in [0.29, 0.717) is 25.3 Å². The zero-order valence-corrected chi connectivity index (χ0v) is 18.8. The average Bonchev–Trinajstić information content (AvgIpc) is 3.32. The van der Waals surface area contributed by atoms with Gasteiger partial charge in [-0.3, -0.25) is 9.78 Å². The van der Waals surface area contributed by atoms with Gasteiger partial charge in [-0.25, -0.2) is 14.0 Å². The van der Waals surface area contributed by atoms with E-state index >= 15 is 0 Å². The summed E-state index contributed by atoms with van der Waals surface area (Å²) in [7, 11) is 1.80. The predicted octanol–water partition coefficient (Wildman–Crippen LogP) is 3.76. The lowest BCUT2D eigenvalue weighted by atomic mass is 10.0. The fourth-order valence-corrected chi connectivity index (χ4v) is 4.06. The van der Waals surface area contributed by atoms with Crippen LogP contribution in [0.3, 0.4) is 0 Å². The number of carbonyl (C=O) groups excluding carboxylic acids is 2. The van der Waals surface area contributed by atoms with E-state index < -0.39 is 12.1 Å². The third-order valence-corrected chi connectivity index (χ3v) is 5.98. The van der Waals surface area contributed by atoms with Crippen molar-refractivity contribution in [3.63, 3.8) is 0 Å². The van der Waals surface area contributed by atoms with E-state index in [1.54, 1.807) is 35.2 Å². The maximum atomic E-state index is 13.3. The first-order valence-corrected chi connectivity index (χ1v) is 10.7. The van der Waals surface area contributed by atoms with Gasteiger partial charge in [0.1, 0.15) is 5.82 Å². The van der Waals surface area contributed by atoms with Gasteiger partial charge in [0.15, 0.2) is 0 Å². The molecule has 1 aromatic heterocycles. The van der Waals surface area contributed by atoms with Crippen molar-refractivity contribution in [2.45, 2.75) is 25.6 Å². The highest BCUT2D eigenvalue weighted by molar-refractivity contribution is 5.90. The van der Waals surface area contributed by atoms with Crippen molar-refractivity contribution in [2.75, 3.05) is 25.5 Å². The SMILES string of the molecule is CN(Cc1ccccn1)C(=O)C1CC12CCN(C(=O)Nc1cccc(F)c1)C2.O=C(O)C(F)(F)F. The van der Waals surface area contributed by atoms with E-state index in [-0.39, 0.29) is 29.1 Å². The number of alkyl halides is 3. The Hall–Kier alpha value is -3.70. The topological polar surface area (TPSA) is 103 Å². The molecule has 3 amide bonds. The number of nitrogens with zero attached hydrogens (tertiary/aromatic N) is 3. The van der Waals surface area contributed by atoms with Crippen LogP contribution in [0.15, 0.2) is 48.7 Å². The Morgan fingerprint density at radius 3 is 2.54 bits per heavy atom. The number of carboxylic acid groups (broad SMARTS) is 1. The maximum Gasteiger partial charge on any atom is 0.490 e. The number of nitrogens with one attached hydrogen (secondary N) is 1. The molecule has 0 radical (unpaired) electrons. The highest BCUT2D eigenvalue weighted by atomic mass is 19.4. The fourth-order valence-electron chi connectivity index (χ4n) is 4.06. The van der Waals surface area contributed by atoms with E-state index in [1.165, 1.54) is 12.1 Å². The van der Waals surface area contributed by atoms with E-state index in [0.717, 1.165) is 18.5 Å². The minimum Gasteiger partial charge on any atom is -0.475 e. The van der Waals surface area contributed by atoms with Gasteiger partial charge in [0.05, 0.1) is 12.2 Å². The van der Waals surface area contributed by atoms with Crippen LogP contribution >= 0.6 is 0 Å². The van der Waals surface area contributed by atoms with Crippen molar-refractivity contribution >= 4 is 23.6 Å². The number of aliphatic carboxylic acids is 1. The summed E-state index contributed by atoms with van der Waals surface area (Å²) < 4.78 is 45.0. The number of anilines is 1. The number of pyridine rings is 1. The molecule has 2 aromatic rings. The van der Waals surface area contributed by atoms with Crippen LogP contribution in [-0.4, -0.2) is 64.1 Å². The van der Waals surface area contributed by atoms with Gasteiger partial charge in [-0.05, 0) is 43.2 Å². The summed E-state index contributed by atoms with van der Waals surface area (Å²) in [6.07, 6.45) is -1.74. The van der Waals surface area contributed by atoms with Gasteiger partial charge in [0.2, 0.25) is 5.91 Å². The molecule has 1 aliphatic heterocycles. The molecule has 188 valence electrons. The van der Waals surface area contributed by atoms with Crippen LogP contribution in [0, 0.1) is 17.2 Å². The van der Waals surface area contributed by atoms with E-state index in [4.69, 9.17) is 9.90 Å². The van der Waals surface area contributed by atoms with Crippen LogP contribution in [0.25, 0.3) is 0 Å². The van der Waals surface area contributed by atoms with Crippen molar-refractivity contribution in [1.29, 1.82) is 0 Å². The quantitative estimate of drug-likeness (QED) is 0.628. The molecule has 12 heteroatoms. The van der Waals surface area contributed by atoms with Gasteiger partial charge in [0.25, 0.3) is 0 Å². The van der Waals surface area contributed by atoms with E-state index in [2.05, 4.69) is 10.3 Å². The molecule has 1 spiro atoms. The highest BCUT2D eigenvalue weighted by Gasteiger charge is 2.61. The normalized spacial score (nSPS) is 20.6. The second-order valence-corrected chi connectivity index (χ2v) is 8.55. The molecular formula is C23H24F4N4O4. The number of urea groups is 1. The maximum absolute atomic E-state index is 13.3. The Bertz CT molecular complexity index is 1080. The van der Waals surface area contributed by atoms with Gasteiger partial charge in [-0.15, -0.1) is 0 Å².